The van der Waals surface area contributed by atoms with Crippen molar-refractivity contribution in [2.24, 2.45) is 0 Å². The first-order valence-electron chi connectivity index (χ1n) is 9.55. The summed E-state index contributed by atoms with van der Waals surface area (Å²) in [7, 11) is 0. The zero-order valence-electron chi connectivity index (χ0n) is 16.1. The third kappa shape index (κ3) is 6.15. The minimum Gasteiger partial charge on any atom is -0.455 e. The summed E-state index contributed by atoms with van der Waals surface area (Å²) in [5, 5.41) is 2.88. The minimum absolute atomic E-state index is 0.0705. The van der Waals surface area contributed by atoms with Crippen LogP contribution in [-0.4, -0.2) is 55.6 Å². The lowest BCUT2D eigenvalue weighted by Gasteiger charge is -2.26. The van der Waals surface area contributed by atoms with Crippen molar-refractivity contribution in [3.63, 3.8) is 0 Å². The maximum absolute atomic E-state index is 12.5. The van der Waals surface area contributed by atoms with Crippen LogP contribution >= 0.6 is 0 Å². The number of morpholine rings is 1. The van der Waals surface area contributed by atoms with Gasteiger partial charge in [-0.3, -0.25) is 14.4 Å². The van der Waals surface area contributed by atoms with Crippen molar-refractivity contribution in [2.45, 2.75) is 12.5 Å². The lowest BCUT2D eigenvalue weighted by atomic mass is 10.0. The number of rotatable bonds is 7. The third-order valence-corrected chi connectivity index (χ3v) is 4.63. The van der Waals surface area contributed by atoms with Gasteiger partial charge in [-0.2, -0.15) is 0 Å². The van der Waals surface area contributed by atoms with Gasteiger partial charge in [0.15, 0.2) is 6.61 Å². The number of carbonyl (C=O) groups excluding carboxylic acids is 3. The second-order valence-corrected chi connectivity index (χ2v) is 6.66. The van der Waals surface area contributed by atoms with Crippen LogP contribution in [0.5, 0.6) is 0 Å². The monoisotopic (exact) mass is 396 g/mol. The molecule has 1 fully saturated rings. The summed E-state index contributed by atoms with van der Waals surface area (Å²) in [4.78, 5) is 38.7. The van der Waals surface area contributed by atoms with Crippen molar-refractivity contribution >= 4 is 17.8 Å². The highest BCUT2D eigenvalue weighted by atomic mass is 16.5. The molecule has 2 amide bonds. The first-order chi connectivity index (χ1) is 14.1. The van der Waals surface area contributed by atoms with Gasteiger partial charge in [0.05, 0.1) is 25.7 Å². The zero-order chi connectivity index (χ0) is 20.5. The molecule has 0 unspecified atom stereocenters. The molecule has 1 saturated heterocycles. The molecule has 1 N–H and O–H groups in total. The van der Waals surface area contributed by atoms with Gasteiger partial charge in [-0.25, -0.2) is 0 Å². The molecule has 7 nitrogen and oxygen atoms in total. The molecule has 152 valence electrons. The zero-order valence-corrected chi connectivity index (χ0v) is 16.1. The number of hydrogen-bond donors (Lipinski definition) is 1. The van der Waals surface area contributed by atoms with Gasteiger partial charge < -0.3 is 19.7 Å². The quantitative estimate of drug-likeness (QED) is 0.723. The summed E-state index contributed by atoms with van der Waals surface area (Å²) in [6, 6.07) is 17.4. The summed E-state index contributed by atoms with van der Waals surface area (Å²) >= 11 is 0. The molecular formula is C22H24N2O5. The van der Waals surface area contributed by atoms with Crippen molar-refractivity contribution in [2.75, 3.05) is 32.9 Å². The van der Waals surface area contributed by atoms with Gasteiger partial charge in [0.25, 0.3) is 11.8 Å². The molecule has 29 heavy (non-hydrogen) atoms. The Balaban J connectivity index is 1.59. The molecule has 7 heteroatoms. The van der Waals surface area contributed by atoms with E-state index in [1.165, 1.54) is 0 Å². The van der Waals surface area contributed by atoms with Crippen molar-refractivity contribution < 1.29 is 23.9 Å². The summed E-state index contributed by atoms with van der Waals surface area (Å²) in [6.07, 6.45) is -0.0705. The lowest BCUT2D eigenvalue weighted by Crippen LogP contribution is -2.42. The number of amides is 2. The molecule has 3 rings (SSSR count). The van der Waals surface area contributed by atoms with E-state index in [4.69, 9.17) is 9.47 Å². The Morgan fingerprint density at radius 3 is 2.24 bits per heavy atom. The maximum Gasteiger partial charge on any atom is 0.308 e. The minimum atomic E-state index is -0.560. The first-order valence-corrected chi connectivity index (χ1v) is 9.55. The molecule has 0 spiro atoms. The SMILES string of the molecule is O=C(C[C@@H](NC(=O)c1ccccc1)c1ccccc1)OCC(=O)N1CCOCC1. The lowest BCUT2D eigenvalue weighted by molar-refractivity contribution is -0.154. The Morgan fingerprint density at radius 1 is 0.966 bits per heavy atom. The molecule has 0 radical (unpaired) electrons. The smallest absolute Gasteiger partial charge is 0.308 e. The average Bonchev–Trinajstić information content (AvgIpc) is 2.78. The van der Waals surface area contributed by atoms with Crippen LogP contribution in [0.25, 0.3) is 0 Å². The summed E-state index contributed by atoms with van der Waals surface area (Å²) in [5.74, 6) is -1.07. The van der Waals surface area contributed by atoms with Gasteiger partial charge in [0.1, 0.15) is 0 Å². The highest BCUT2D eigenvalue weighted by Gasteiger charge is 2.22. The van der Waals surface area contributed by atoms with Gasteiger partial charge in [-0.15, -0.1) is 0 Å². The maximum atomic E-state index is 12.5. The van der Waals surface area contributed by atoms with E-state index in [1.807, 2.05) is 36.4 Å². The van der Waals surface area contributed by atoms with Crippen molar-refractivity contribution in [3.05, 3.63) is 71.8 Å². The highest BCUT2D eigenvalue weighted by Crippen LogP contribution is 2.18. The second-order valence-electron chi connectivity index (χ2n) is 6.66. The van der Waals surface area contributed by atoms with Crippen LogP contribution < -0.4 is 5.32 Å². The van der Waals surface area contributed by atoms with E-state index in [-0.39, 0.29) is 24.8 Å². The van der Waals surface area contributed by atoms with Crippen LogP contribution in [-0.2, 0) is 19.1 Å². The Labute approximate surface area is 169 Å². The number of esters is 1. The van der Waals surface area contributed by atoms with E-state index in [2.05, 4.69) is 5.32 Å². The normalized spacial score (nSPS) is 14.7. The molecule has 2 aromatic rings. The second kappa shape index (κ2) is 10.4. The number of benzene rings is 2. The molecule has 0 bridgehead atoms. The summed E-state index contributed by atoms with van der Waals surface area (Å²) in [5.41, 5.74) is 1.29. The largest absolute Gasteiger partial charge is 0.455 e. The van der Waals surface area contributed by atoms with E-state index in [9.17, 15) is 14.4 Å². The predicted octanol–water partition coefficient (Wildman–Crippen LogP) is 1.95. The Morgan fingerprint density at radius 2 is 1.59 bits per heavy atom. The Kier molecular flexibility index (Phi) is 7.35. The standard InChI is InChI=1S/C22H24N2O5/c25-20(24-11-13-28-14-12-24)16-29-21(26)15-19(17-7-3-1-4-8-17)23-22(27)18-9-5-2-6-10-18/h1-10,19H,11-16H2,(H,23,27)/t19-/m1/s1. The van der Waals surface area contributed by atoms with Crippen LogP contribution in [0.1, 0.15) is 28.4 Å². The van der Waals surface area contributed by atoms with E-state index in [0.29, 0.717) is 31.9 Å². The topological polar surface area (TPSA) is 84.9 Å². The van der Waals surface area contributed by atoms with Gasteiger partial charge in [0, 0.05) is 18.7 Å². The average molecular weight is 396 g/mol. The van der Waals surface area contributed by atoms with Crippen molar-refractivity contribution in [3.8, 4) is 0 Å². The molecule has 1 heterocycles. The molecular weight excluding hydrogens is 372 g/mol. The number of ether oxygens (including phenoxy) is 2. The highest BCUT2D eigenvalue weighted by molar-refractivity contribution is 5.94. The van der Waals surface area contributed by atoms with Crippen molar-refractivity contribution in [1.29, 1.82) is 0 Å². The fraction of sp³-hybridized carbons (Fsp3) is 0.318. The molecule has 1 atom stereocenters. The van der Waals surface area contributed by atoms with Gasteiger partial charge in [0.2, 0.25) is 0 Å². The summed E-state index contributed by atoms with van der Waals surface area (Å²) in [6.45, 7) is 1.65. The fourth-order valence-corrected chi connectivity index (χ4v) is 3.04. The Hall–Kier alpha value is -3.19. The van der Waals surface area contributed by atoms with E-state index in [0.717, 1.165) is 5.56 Å². The molecule has 0 aliphatic carbocycles. The van der Waals surface area contributed by atoms with Gasteiger partial charge in [-0.05, 0) is 17.7 Å². The van der Waals surface area contributed by atoms with Gasteiger partial charge >= 0.3 is 5.97 Å². The van der Waals surface area contributed by atoms with Crippen LogP contribution in [0.15, 0.2) is 60.7 Å². The van der Waals surface area contributed by atoms with E-state index >= 15 is 0 Å². The molecule has 0 aromatic heterocycles. The fourth-order valence-electron chi connectivity index (χ4n) is 3.04. The Bertz CT molecular complexity index is 820. The van der Waals surface area contributed by atoms with E-state index < -0.39 is 12.0 Å². The van der Waals surface area contributed by atoms with Crippen LogP contribution in [0.3, 0.4) is 0 Å². The number of hydrogen-bond acceptors (Lipinski definition) is 5. The molecule has 1 aliphatic heterocycles. The summed E-state index contributed by atoms with van der Waals surface area (Å²) < 4.78 is 10.4. The van der Waals surface area contributed by atoms with Gasteiger partial charge in [-0.1, -0.05) is 48.5 Å². The molecule has 0 saturated carbocycles. The molecule has 1 aliphatic rings. The van der Waals surface area contributed by atoms with Crippen LogP contribution in [0, 0.1) is 0 Å². The van der Waals surface area contributed by atoms with Crippen molar-refractivity contribution in [1.82, 2.24) is 10.2 Å². The first kappa shape index (κ1) is 20.5. The number of carbonyl (C=O) groups is 3. The molecule has 2 aromatic carbocycles. The number of nitrogens with zero attached hydrogens (tertiary/aromatic N) is 1. The number of nitrogens with one attached hydrogen (secondary N) is 1. The van der Waals surface area contributed by atoms with Crippen LogP contribution in [0.4, 0.5) is 0 Å². The van der Waals surface area contributed by atoms with Crippen LogP contribution in [0.2, 0.25) is 0 Å². The third-order valence-electron chi connectivity index (χ3n) is 4.63. The predicted molar refractivity (Wildman–Crippen MR) is 106 cm³/mol. The van der Waals surface area contributed by atoms with E-state index in [1.54, 1.807) is 29.2 Å².